The van der Waals surface area contributed by atoms with Gasteiger partial charge in [-0.25, -0.2) is 0 Å². The van der Waals surface area contributed by atoms with E-state index in [1.807, 2.05) is 35.4 Å². The van der Waals surface area contributed by atoms with Crippen LogP contribution in [0.25, 0.3) is 11.1 Å². The Kier molecular flexibility index (Phi) is 6.60. The summed E-state index contributed by atoms with van der Waals surface area (Å²) < 4.78 is 0. The molecule has 1 aliphatic carbocycles. The molecule has 1 aromatic heterocycles. The van der Waals surface area contributed by atoms with E-state index >= 15 is 0 Å². The van der Waals surface area contributed by atoms with Crippen LogP contribution in [0.2, 0.25) is 0 Å². The molecule has 1 saturated heterocycles. The van der Waals surface area contributed by atoms with Gasteiger partial charge in [-0.1, -0.05) is 48.6 Å². The second kappa shape index (κ2) is 9.73. The Morgan fingerprint density at radius 1 is 1.16 bits per heavy atom. The number of hydrogen-bond donors (Lipinski definition) is 0. The van der Waals surface area contributed by atoms with Crippen molar-refractivity contribution < 1.29 is 9.59 Å². The van der Waals surface area contributed by atoms with Crippen LogP contribution in [0.15, 0.2) is 73.6 Å². The summed E-state index contributed by atoms with van der Waals surface area (Å²) in [6, 6.07) is 11.7. The van der Waals surface area contributed by atoms with Crippen molar-refractivity contribution in [2.75, 3.05) is 19.6 Å². The van der Waals surface area contributed by atoms with Gasteiger partial charge in [-0.3, -0.25) is 14.6 Å². The van der Waals surface area contributed by atoms with Crippen LogP contribution in [0.4, 0.5) is 0 Å². The smallest absolute Gasteiger partial charge is 0.246 e. The maximum absolute atomic E-state index is 13.2. The highest BCUT2D eigenvalue weighted by molar-refractivity contribution is 5.89. The lowest BCUT2D eigenvalue weighted by Crippen LogP contribution is -2.59. The fourth-order valence-corrected chi connectivity index (χ4v) is 4.47. The van der Waals surface area contributed by atoms with Crippen LogP contribution in [0.5, 0.6) is 0 Å². The Labute approximate surface area is 184 Å². The maximum atomic E-state index is 13.2. The molecule has 160 valence electrons. The van der Waals surface area contributed by atoms with Crippen molar-refractivity contribution >= 4 is 11.8 Å². The molecule has 0 N–H and O–H groups in total. The number of hydrogen-bond acceptors (Lipinski definition) is 3. The lowest BCUT2D eigenvalue weighted by molar-refractivity contribution is -0.151. The topological polar surface area (TPSA) is 53.5 Å². The molecule has 0 unspecified atom stereocenters. The van der Waals surface area contributed by atoms with E-state index in [1.54, 1.807) is 17.2 Å². The molecule has 1 aliphatic heterocycles. The highest BCUT2D eigenvalue weighted by Gasteiger charge is 2.37. The average molecular weight is 416 g/mol. The van der Waals surface area contributed by atoms with Crippen LogP contribution in [-0.4, -0.2) is 52.3 Å². The van der Waals surface area contributed by atoms with E-state index in [2.05, 4.69) is 35.8 Å². The number of allylic oxidation sites excluding steroid dienone is 2. The van der Waals surface area contributed by atoms with Crippen molar-refractivity contribution in [2.45, 2.75) is 31.7 Å². The van der Waals surface area contributed by atoms with E-state index in [0.717, 1.165) is 29.5 Å². The third kappa shape index (κ3) is 4.93. The van der Waals surface area contributed by atoms with Crippen molar-refractivity contribution in [1.82, 2.24) is 14.8 Å². The first-order chi connectivity index (χ1) is 15.2. The molecule has 5 nitrogen and oxygen atoms in total. The van der Waals surface area contributed by atoms with Gasteiger partial charge in [-0.05, 0) is 41.5 Å². The molecule has 2 amide bonds. The van der Waals surface area contributed by atoms with Gasteiger partial charge in [0.25, 0.3) is 0 Å². The Balaban J connectivity index is 1.51. The molecular weight excluding hydrogens is 386 g/mol. The first kappa shape index (κ1) is 21.0. The minimum absolute atomic E-state index is 0.0119. The summed E-state index contributed by atoms with van der Waals surface area (Å²) in [7, 11) is 0. The van der Waals surface area contributed by atoms with Crippen molar-refractivity contribution in [3.63, 3.8) is 0 Å². The number of nitrogens with zero attached hydrogens (tertiary/aromatic N) is 3. The lowest BCUT2D eigenvalue weighted by Gasteiger charge is -2.41. The van der Waals surface area contributed by atoms with E-state index in [-0.39, 0.29) is 11.8 Å². The first-order valence-corrected chi connectivity index (χ1v) is 11.0. The van der Waals surface area contributed by atoms with E-state index in [1.165, 1.54) is 0 Å². The van der Waals surface area contributed by atoms with Gasteiger partial charge in [0.15, 0.2) is 0 Å². The molecule has 2 aliphatic rings. The third-order valence-electron chi connectivity index (χ3n) is 6.18. The zero-order chi connectivity index (χ0) is 21.6. The highest BCUT2D eigenvalue weighted by atomic mass is 16.2. The van der Waals surface area contributed by atoms with Crippen LogP contribution in [-0.2, 0) is 16.0 Å². The van der Waals surface area contributed by atoms with Crippen LogP contribution in [0.3, 0.4) is 0 Å². The fraction of sp³-hybridized carbons (Fsp3) is 0.346. The van der Waals surface area contributed by atoms with Crippen LogP contribution in [0, 0.1) is 5.92 Å². The predicted molar refractivity (Wildman–Crippen MR) is 122 cm³/mol. The van der Waals surface area contributed by atoms with Gasteiger partial charge in [-0.15, -0.1) is 6.58 Å². The van der Waals surface area contributed by atoms with Crippen LogP contribution < -0.4 is 0 Å². The molecule has 0 saturated carbocycles. The second-order valence-electron chi connectivity index (χ2n) is 8.29. The van der Waals surface area contributed by atoms with E-state index in [4.69, 9.17) is 0 Å². The first-order valence-electron chi connectivity index (χ1n) is 11.0. The Hall–Kier alpha value is -3.21. The Bertz CT molecular complexity index is 952. The SMILES string of the molecule is C=CCN1CCN(C(=O)C[C@@H]2C=CCC2)[C@@H](Cc2ccc(-c3cccnc3)cc2)C1=O. The van der Waals surface area contributed by atoms with Gasteiger partial charge in [0.2, 0.25) is 11.8 Å². The predicted octanol–water partition coefficient (Wildman–Crippen LogP) is 3.87. The van der Waals surface area contributed by atoms with Gasteiger partial charge >= 0.3 is 0 Å². The number of carbonyl (C=O) groups excluding carboxylic acids is 2. The zero-order valence-corrected chi connectivity index (χ0v) is 17.8. The number of amides is 2. The van der Waals surface area contributed by atoms with Crippen molar-refractivity contribution in [3.8, 4) is 11.1 Å². The van der Waals surface area contributed by atoms with Crippen molar-refractivity contribution in [2.24, 2.45) is 5.92 Å². The minimum atomic E-state index is -0.462. The molecular formula is C26H29N3O2. The molecule has 2 heterocycles. The summed E-state index contributed by atoms with van der Waals surface area (Å²) in [6.45, 7) is 5.43. The second-order valence-corrected chi connectivity index (χ2v) is 8.29. The monoisotopic (exact) mass is 415 g/mol. The number of pyridine rings is 1. The molecule has 5 heteroatoms. The molecule has 0 radical (unpaired) electrons. The quantitative estimate of drug-likeness (QED) is 0.645. The average Bonchev–Trinajstić information content (AvgIpc) is 3.31. The number of aromatic nitrogens is 1. The zero-order valence-electron chi connectivity index (χ0n) is 17.8. The minimum Gasteiger partial charge on any atom is -0.335 e. The van der Waals surface area contributed by atoms with Gasteiger partial charge in [0, 0.05) is 44.9 Å². The fourth-order valence-electron chi connectivity index (χ4n) is 4.47. The maximum Gasteiger partial charge on any atom is 0.246 e. The molecule has 1 aromatic carbocycles. The molecule has 31 heavy (non-hydrogen) atoms. The van der Waals surface area contributed by atoms with Gasteiger partial charge in [0.1, 0.15) is 6.04 Å². The standard InChI is InChI=1S/C26H29N3O2/c1-2-14-28-15-16-29(25(30)18-20-6-3-4-7-20)24(26(28)31)17-21-9-11-22(12-10-21)23-8-5-13-27-19-23/h2-3,5-6,8-13,19-20,24H,1,4,7,14-18H2/t20-,24+/m1/s1. The Morgan fingerprint density at radius 2 is 2.00 bits per heavy atom. The summed E-state index contributed by atoms with van der Waals surface area (Å²) >= 11 is 0. The third-order valence-corrected chi connectivity index (χ3v) is 6.18. The number of carbonyl (C=O) groups is 2. The number of rotatable bonds is 7. The van der Waals surface area contributed by atoms with E-state index in [0.29, 0.717) is 38.4 Å². The summed E-state index contributed by atoms with van der Waals surface area (Å²) in [5.41, 5.74) is 3.19. The lowest BCUT2D eigenvalue weighted by atomic mass is 9.97. The number of benzene rings is 1. The van der Waals surface area contributed by atoms with Crippen LogP contribution in [0.1, 0.15) is 24.8 Å². The highest BCUT2D eigenvalue weighted by Crippen LogP contribution is 2.25. The van der Waals surface area contributed by atoms with E-state index in [9.17, 15) is 9.59 Å². The largest absolute Gasteiger partial charge is 0.335 e. The van der Waals surface area contributed by atoms with Gasteiger partial charge < -0.3 is 9.80 Å². The molecule has 0 bridgehead atoms. The van der Waals surface area contributed by atoms with Crippen molar-refractivity contribution in [3.05, 3.63) is 79.2 Å². The molecule has 0 spiro atoms. The molecule has 4 rings (SSSR count). The molecule has 2 atom stereocenters. The summed E-state index contributed by atoms with van der Waals surface area (Å²) in [6.07, 6.45) is 12.7. The number of piperazine rings is 1. The van der Waals surface area contributed by atoms with Gasteiger partial charge in [0.05, 0.1) is 0 Å². The van der Waals surface area contributed by atoms with Crippen LogP contribution >= 0.6 is 0 Å². The summed E-state index contributed by atoms with van der Waals surface area (Å²) in [4.78, 5) is 34.1. The normalized spacial score (nSPS) is 20.8. The molecule has 1 fully saturated rings. The molecule has 2 aromatic rings. The van der Waals surface area contributed by atoms with Gasteiger partial charge in [-0.2, -0.15) is 0 Å². The Morgan fingerprint density at radius 3 is 2.68 bits per heavy atom. The van der Waals surface area contributed by atoms with Crippen molar-refractivity contribution in [1.29, 1.82) is 0 Å². The summed E-state index contributed by atoms with van der Waals surface area (Å²) in [5, 5.41) is 0. The van der Waals surface area contributed by atoms with E-state index < -0.39 is 6.04 Å². The summed E-state index contributed by atoms with van der Waals surface area (Å²) in [5.74, 6) is 0.395.